The maximum atomic E-state index is 12.9. The number of hydrogen-bond acceptors (Lipinski definition) is 3. The highest BCUT2D eigenvalue weighted by molar-refractivity contribution is 7.89. The van der Waals surface area contributed by atoms with Gasteiger partial charge in [-0.05, 0) is 25.0 Å². The number of hydrogen-bond donors (Lipinski definition) is 2. The average molecular weight is 336 g/mol. The molecule has 3 N–H and O–H groups in total. The first kappa shape index (κ1) is 17.2. The normalized spacial score (nSPS) is 19.1. The van der Waals surface area contributed by atoms with Gasteiger partial charge in [0.2, 0.25) is 10.0 Å². The molecule has 8 heteroatoms. The lowest BCUT2D eigenvalue weighted by Gasteiger charge is -2.33. The van der Waals surface area contributed by atoms with Crippen molar-refractivity contribution in [2.75, 3.05) is 6.54 Å². The summed E-state index contributed by atoms with van der Waals surface area (Å²) >= 11 is 0. The molecule has 1 saturated carbocycles. The molecule has 0 radical (unpaired) electrons. The first-order valence-corrected chi connectivity index (χ1v) is 8.57. The van der Waals surface area contributed by atoms with Crippen LogP contribution in [0.15, 0.2) is 29.2 Å². The molecule has 0 spiro atoms. The lowest BCUT2D eigenvalue weighted by molar-refractivity contribution is -0.139. The minimum atomic E-state index is -4.73. The molecule has 0 aromatic heterocycles. The van der Waals surface area contributed by atoms with Crippen molar-refractivity contribution in [3.8, 4) is 0 Å². The van der Waals surface area contributed by atoms with Crippen LogP contribution in [0.4, 0.5) is 13.2 Å². The van der Waals surface area contributed by atoms with Gasteiger partial charge in [-0.3, -0.25) is 0 Å². The summed E-state index contributed by atoms with van der Waals surface area (Å²) in [5.41, 5.74) is 4.27. The van der Waals surface area contributed by atoms with Gasteiger partial charge in [-0.15, -0.1) is 0 Å². The molecule has 1 aromatic carbocycles. The first-order valence-electron chi connectivity index (χ1n) is 7.09. The largest absolute Gasteiger partial charge is 0.417 e. The highest BCUT2D eigenvalue weighted by Gasteiger charge is 2.37. The van der Waals surface area contributed by atoms with Crippen molar-refractivity contribution < 1.29 is 21.6 Å². The predicted octanol–water partition coefficient (Wildman–Crippen LogP) is 2.65. The van der Waals surface area contributed by atoms with Crippen molar-refractivity contribution in [2.45, 2.75) is 48.7 Å². The summed E-state index contributed by atoms with van der Waals surface area (Å²) in [6.45, 7) is -0.0540. The molecular weight excluding hydrogens is 317 g/mol. The average Bonchev–Trinajstić information content (AvgIpc) is 2.45. The summed E-state index contributed by atoms with van der Waals surface area (Å²) in [5.74, 6) is 0. The lowest BCUT2D eigenvalue weighted by Crippen LogP contribution is -2.51. The van der Waals surface area contributed by atoms with Crippen LogP contribution in [0.2, 0.25) is 0 Å². The molecule has 1 fully saturated rings. The highest BCUT2D eigenvalue weighted by Crippen LogP contribution is 2.34. The third kappa shape index (κ3) is 3.99. The molecule has 22 heavy (non-hydrogen) atoms. The van der Waals surface area contributed by atoms with Crippen LogP contribution in [0.25, 0.3) is 0 Å². The van der Waals surface area contributed by atoms with E-state index in [9.17, 15) is 21.6 Å². The summed E-state index contributed by atoms with van der Waals surface area (Å²) in [5, 5.41) is 0. The number of benzene rings is 1. The minimum absolute atomic E-state index is 0.0540. The van der Waals surface area contributed by atoms with Gasteiger partial charge in [-0.2, -0.15) is 13.2 Å². The second-order valence-electron chi connectivity index (χ2n) is 5.74. The minimum Gasteiger partial charge on any atom is -0.324 e. The SMILES string of the molecule is NC1(CNS(=O)(=O)c2ccccc2C(F)(F)F)CCCCC1. The molecule has 0 bridgehead atoms. The highest BCUT2D eigenvalue weighted by atomic mass is 32.2. The monoisotopic (exact) mass is 336 g/mol. The number of sulfonamides is 1. The Kier molecular flexibility index (Phi) is 4.84. The summed E-state index contributed by atoms with van der Waals surface area (Å²) in [6.07, 6.45) is -0.555. The Morgan fingerprint density at radius 1 is 1.14 bits per heavy atom. The number of alkyl halides is 3. The van der Waals surface area contributed by atoms with Gasteiger partial charge in [0.25, 0.3) is 0 Å². The second-order valence-corrected chi connectivity index (χ2v) is 7.48. The predicted molar refractivity (Wildman–Crippen MR) is 76.6 cm³/mol. The van der Waals surface area contributed by atoms with Crippen LogP contribution in [-0.4, -0.2) is 20.5 Å². The van der Waals surface area contributed by atoms with Crippen molar-refractivity contribution in [2.24, 2.45) is 5.73 Å². The zero-order chi connectivity index (χ0) is 16.4. The molecule has 1 aliphatic rings. The van der Waals surface area contributed by atoms with Crippen LogP contribution < -0.4 is 10.5 Å². The Morgan fingerprint density at radius 3 is 2.32 bits per heavy atom. The van der Waals surface area contributed by atoms with Crippen LogP contribution >= 0.6 is 0 Å². The van der Waals surface area contributed by atoms with Crippen LogP contribution in [0.5, 0.6) is 0 Å². The Hall–Kier alpha value is -1.12. The molecular formula is C14H19F3N2O2S. The maximum absolute atomic E-state index is 12.9. The molecule has 1 aromatic rings. The molecule has 0 atom stereocenters. The van der Waals surface area contributed by atoms with Gasteiger partial charge in [0.1, 0.15) is 0 Å². The standard InChI is InChI=1S/C14H19F3N2O2S/c15-14(16,17)11-6-2-3-7-12(11)22(20,21)19-10-13(18)8-4-1-5-9-13/h2-3,6-7,19H,1,4-5,8-10,18H2. The van der Waals surface area contributed by atoms with E-state index in [1.165, 1.54) is 6.07 Å². The second kappa shape index (κ2) is 6.17. The Morgan fingerprint density at radius 2 is 1.73 bits per heavy atom. The van der Waals surface area contributed by atoms with Crippen LogP contribution in [0.1, 0.15) is 37.7 Å². The molecule has 0 saturated heterocycles. The number of nitrogens with one attached hydrogen (secondary N) is 1. The third-order valence-corrected chi connectivity index (χ3v) is 5.40. The molecule has 1 aliphatic carbocycles. The number of rotatable bonds is 4. The molecule has 0 aliphatic heterocycles. The smallest absolute Gasteiger partial charge is 0.324 e. The van der Waals surface area contributed by atoms with E-state index in [-0.39, 0.29) is 6.54 Å². The van der Waals surface area contributed by atoms with Crippen molar-refractivity contribution >= 4 is 10.0 Å². The summed E-state index contributed by atoms with van der Waals surface area (Å²) in [4.78, 5) is -0.762. The molecule has 0 amide bonds. The lowest BCUT2D eigenvalue weighted by atomic mass is 9.83. The summed E-state index contributed by atoms with van der Waals surface area (Å²) in [6, 6.07) is 4.14. The molecule has 124 valence electrons. The van der Waals surface area contributed by atoms with Gasteiger partial charge >= 0.3 is 6.18 Å². The van der Waals surface area contributed by atoms with E-state index in [0.29, 0.717) is 12.8 Å². The van der Waals surface area contributed by atoms with Crippen LogP contribution in [0, 0.1) is 0 Å². The Labute approximate surface area is 127 Å². The van der Waals surface area contributed by atoms with Crippen molar-refractivity contribution in [1.82, 2.24) is 4.72 Å². The van der Waals surface area contributed by atoms with Crippen molar-refractivity contribution in [3.05, 3.63) is 29.8 Å². The summed E-state index contributed by atoms with van der Waals surface area (Å²) in [7, 11) is -4.26. The van der Waals surface area contributed by atoms with E-state index in [4.69, 9.17) is 5.73 Å². The maximum Gasteiger partial charge on any atom is 0.417 e. The van der Waals surface area contributed by atoms with Gasteiger partial charge in [0.05, 0.1) is 10.5 Å². The summed E-state index contributed by atoms with van der Waals surface area (Å²) < 4.78 is 65.5. The van der Waals surface area contributed by atoms with E-state index >= 15 is 0 Å². The zero-order valence-electron chi connectivity index (χ0n) is 12.0. The molecule has 4 nitrogen and oxygen atoms in total. The molecule has 2 rings (SSSR count). The topological polar surface area (TPSA) is 72.2 Å². The zero-order valence-corrected chi connectivity index (χ0v) is 12.8. The fraction of sp³-hybridized carbons (Fsp3) is 0.571. The molecule has 0 unspecified atom stereocenters. The van der Waals surface area contributed by atoms with Crippen molar-refractivity contribution in [1.29, 1.82) is 0 Å². The van der Waals surface area contributed by atoms with Crippen LogP contribution in [-0.2, 0) is 16.2 Å². The molecule has 0 heterocycles. The Bertz CT molecular complexity index is 623. The van der Waals surface area contributed by atoms with E-state index < -0.39 is 32.2 Å². The van der Waals surface area contributed by atoms with E-state index in [2.05, 4.69) is 4.72 Å². The quantitative estimate of drug-likeness (QED) is 0.888. The number of halogens is 3. The third-order valence-electron chi connectivity index (χ3n) is 3.95. The van der Waals surface area contributed by atoms with Crippen molar-refractivity contribution in [3.63, 3.8) is 0 Å². The number of nitrogens with two attached hydrogens (primary N) is 1. The van der Waals surface area contributed by atoms with Gasteiger partial charge in [-0.1, -0.05) is 31.4 Å². The van der Waals surface area contributed by atoms with E-state index in [0.717, 1.165) is 37.5 Å². The van der Waals surface area contributed by atoms with Gasteiger partial charge in [0.15, 0.2) is 0 Å². The Balaban J connectivity index is 2.21. The fourth-order valence-corrected chi connectivity index (χ4v) is 4.05. The van der Waals surface area contributed by atoms with E-state index in [1.54, 1.807) is 0 Å². The van der Waals surface area contributed by atoms with Crippen LogP contribution in [0.3, 0.4) is 0 Å². The van der Waals surface area contributed by atoms with Gasteiger partial charge < -0.3 is 5.73 Å². The fourth-order valence-electron chi connectivity index (χ4n) is 2.68. The van der Waals surface area contributed by atoms with Gasteiger partial charge in [-0.25, -0.2) is 13.1 Å². The van der Waals surface area contributed by atoms with E-state index in [1.807, 2.05) is 0 Å². The van der Waals surface area contributed by atoms with Gasteiger partial charge in [0, 0.05) is 12.1 Å². The first-order chi connectivity index (χ1) is 10.1.